The molecule has 0 saturated carbocycles. The van der Waals surface area contributed by atoms with Gasteiger partial charge in [0.05, 0.1) is 22.2 Å². The lowest BCUT2D eigenvalue weighted by molar-refractivity contribution is -0.0593. The van der Waals surface area contributed by atoms with Crippen LogP contribution in [0.1, 0.15) is 23.5 Å². The van der Waals surface area contributed by atoms with Gasteiger partial charge in [0.2, 0.25) is 5.95 Å². The van der Waals surface area contributed by atoms with Gasteiger partial charge in [-0.05, 0) is 24.6 Å². The van der Waals surface area contributed by atoms with E-state index in [1.54, 1.807) is 31.2 Å². The zero-order valence-corrected chi connectivity index (χ0v) is 17.5. The van der Waals surface area contributed by atoms with E-state index >= 15 is 0 Å². The molecule has 3 heterocycles. The van der Waals surface area contributed by atoms with Gasteiger partial charge in [-0.15, -0.1) is 0 Å². The maximum Gasteiger partial charge on any atom is 0.338 e. The van der Waals surface area contributed by atoms with Crippen LogP contribution in [-0.4, -0.2) is 39.3 Å². The Kier molecular flexibility index (Phi) is 5.57. The lowest BCUT2D eigenvalue weighted by Gasteiger charge is -2.21. The predicted molar refractivity (Wildman–Crippen MR) is 116 cm³/mol. The van der Waals surface area contributed by atoms with Crippen molar-refractivity contribution in [3.8, 4) is 0 Å². The lowest BCUT2D eigenvalue weighted by Crippen LogP contribution is -2.29. The first kappa shape index (κ1) is 20.8. The number of fused-ring (bicyclic) bond motifs is 1. The van der Waals surface area contributed by atoms with Gasteiger partial charge in [-0.25, -0.2) is 9.78 Å². The van der Waals surface area contributed by atoms with Crippen molar-refractivity contribution < 1.29 is 19.0 Å². The summed E-state index contributed by atoms with van der Waals surface area (Å²) >= 11 is 0.967. The van der Waals surface area contributed by atoms with Gasteiger partial charge in [0.1, 0.15) is 12.7 Å². The normalized spacial score (nSPS) is 20.7. The van der Waals surface area contributed by atoms with Crippen LogP contribution in [0.25, 0.3) is 10.3 Å². The second-order valence-corrected chi connectivity index (χ2v) is 7.94. The average Bonchev–Trinajstić information content (AvgIpc) is 3.22. The molecule has 3 atom stereocenters. The number of benzene rings is 1. The molecule has 0 radical (unpaired) electrons. The molecule has 0 amide bonds. The van der Waals surface area contributed by atoms with Crippen LogP contribution in [0, 0.1) is 0 Å². The summed E-state index contributed by atoms with van der Waals surface area (Å²) in [5.41, 5.74) is 6.98. The molecule has 10 heteroatoms. The van der Waals surface area contributed by atoms with Gasteiger partial charge in [-0.2, -0.15) is 4.98 Å². The fourth-order valence-electron chi connectivity index (χ4n) is 3.27. The van der Waals surface area contributed by atoms with E-state index in [0.29, 0.717) is 27.2 Å². The number of hydrogen-bond donors (Lipinski definition) is 1. The maximum absolute atomic E-state index is 12.7. The number of ether oxygens (including phenoxy) is 3. The number of thiazole rings is 1. The van der Waals surface area contributed by atoms with Crippen LogP contribution >= 0.6 is 11.3 Å². The van der Waals surface area contributed by atoms with Crippen LogP contribution in [0.15, 0.2) is 65.8 Å². The first-order chi connectivity index (χ1) is 14.8. The molecule has 9 nitrogen and oxygen atoms in total. The minimum atomic E-state index is -0.889. The largest absolute Gasteiger partial charge is 0.486 e. The number of aromatic nitrogens is 3. The molecule has 1 aliphatic rings. The zero-order chi connectivity index (χ0) is 22.1. The van der Waals surface area contributed by atoms with E-state index in [0.717, 1.165) is 11.3 Å². The molecule has 0 spiro atoms. The molecule has 1 fully saturated rings. The van der Waals surface area contributed by atoms with Crippen LogP contribution in [0.5, 0.6) is 0 Å². The SMILES string of the molecule is C=C(C)O[C@@H]1C(=C)[C@@H](COC(=O)c2ccccc2)O[C@H]1n1c(=O)sc2cnc(N)nc21. The van der Waals surface area contributed by atoms with E-state index in [2.05, 4.69) is 23.1 Å². The van der Waals surface area contributed by atoms with Crippen LogP contribution < -0.4 is 10.6 Å². The highest BCUT2D eigenvalue weighted by molar-refractivity contribution is 7.16. The fraction of sp³-hybridized carbons (Fsp3) is 0.238. The van der Waals surface area contributed by atoms with Gasteiger partial charge in [0, 0.05) is 0 Å². The summed E-state index contributed by atoms with van der Waals surface area (Å²) in [6.45, 7) is 9.42. The molecule has 3 aromatic rings. The highest BCUT2D eigenvalue weighted by Crippen LogP contribution is 2.37. The number of allylic oxidation sites excluding steroid dienone is 1. The van der Waals surface area contributed by atoms with Crippen LogP contribution in [0.2, 0.25) is 0 Å². The number of nitrogens with zero attached hydrogens (tertiary/aromatic N) is 3. The quantitative estimate of drug-likeness (QED) is 0.353. The van der Waals surface area contributed by atoms with E-state index in [4.69, 9.17) is 19.9 Å². The Morgan fingerprint density at radius 1 is 1.35 bits per heavy atom. The third-order valence-corrected chi connectivity index (χ3v) is 5.56. The van der Waals surface area contributed by atoms with Crippen LogP contribution in [-0.2, 0) is 14.2 Å². The Balaban J connectivity index is 1.62. The van der Waals surface area contributed by atoms with E-state index in [9.17, 15) is 9.59 Å². The van der Waals surface area contributed by atoms with Crippen molar-refractivity contribution in [2.24, 2.45) is 0 Å². The summed E-state index contributed by atoms with van der Waals surface area (Å²) in [5, 5.41) is 0. The predicted octanol–water partition coefficient (Wildman–Crippen LogP) is 2.66. The van der Waals surface area contributed by atoms with Crippen LogP contribution in [0.3, 0.4) is 0 Å². The minimum Gasteiger partial charge on any atom is -0.486 e. The van der Waals surface area contributed by atoms with E-state index < -0.39 is 24.4 Å². The molecule has 160 valence electrons. The number of nitrogen functional groups attached to an aromatic ring is 1. The summed E-state index contributed by atoms with van der Waals surface area (Å²) in [7, 11) is 0. The Morgan fingerprint density at radius 2 is 2.10 bits per heavy atom. The molecule has 0 aliphatic carbocycles. The van der Waals surface area contributed by atoms with Gasteiger partial charge in [-0.3, -0.25) is 9.36 Å². The van der Waals surface area contributed by atoms with E-state index in [-0.39, 0.29) is 17.4 Å². The molecule has 4 rings (SSSR count). The van der Waals surface area contributed by atoms with Gasteiger partial charge in [0.15, 0.2) is 18.0 Å². The van der Waals surface area contributed by atoms with Crippen molar-refractivity contribution in [1.29, 1.82) is 0 Å². The van der Waals surface area contributed by atoms with Gasteiger partial charge in [0.25, 0.3) is 0 Å². The van der Waals surface area contributed by atoms with Crippen molar-refractivity contribution in [3.05, 3.63) is 76.2 Å². The zero-order valence-electron chi connectivity index (χ0n) is 16.7. The summed E-state index contributed by atoms with van der Waals surface area (Å²) in [4.78, 5) is 32.8. The summed E-state index contributed by atoms with van der Waals surface area (Å²) in [6.07, 6.45) is -0.828. The minimum absolute atomic E-state index is 0.0292. The molecule has 2 aromatic heterocycles. The molecule has 0 bridgehead atoms. The Labute approximate surface area is 181 Å². The topological polar surface area (TPSA) is 119 Å². The molecule has 1 aromatic carbocycles. The van der Waals surface area contributed by atoms with Crippen molar-refractivity contribution in [3.63, 3.8) is 0 Å². The number of carbonyl (C=O) groups is 1. The van der Waals surface area contributed by atoms with Crippen molar-refractivity contribution >= 4 is 33.6 Å². The molecule has 1 aliphatic heterocycles. The number of hydrogen-bond acceptors (Lipinski definition) is 9. The summed E-state index contributed by atoms with van der Waals surface area (Å²) in [5.74, 6) is -0.0403. The molecule has 1 saturated heterocycles. The number of anilines is 1. The van der Waals surface area contributed by atoms with Gasteiger partial charge < -0.3 is 19.9 Å². The Morgan fingerprint density at radius 3 is 2.81 bits per heavy atom. The van der Waals surface area contributed by atoms with Crippen molar-refractivity contribution in [2.45, 2.75) is 25.4 Å². The fourth-order valence-corrected chi connectivity index (χ4v) is 4.09. The summed E-state index contributed by atoms with van der Waals surface area (Å²) in [6, 6.07) is 8.61. The first-order valence-electron chi connectivity index (χ1n) is 9.37. The number of esters is 1. The number of rotatable bonds is 6. The molecular weight excluding hydrogens is 420 g/mol. The highest BCUT2D eigenvalue weighted by atomic mass is 32.1. The lowest BCUT2D eigenvalue weighted by atomic mass is 10.1. The van der Waals surface area contributed by atoms with Crippen molar-refractivity contribution in [1.82, 2.24) is 14.5 Å². The molecular formula is C21H20N4O5S. The summed E-state index contributed by atoms with van der Waals surface area (Å²) < 4.78 is 19.2. The molecule has 2 N–H and O–H groups in total. The van der Waals surface area contributed by atoms with Crippen LogP contribution in [0.4, 0.5) is 5.95 Å². The first-order valence-corrected chi connectivity index (χ1v) is 10.2. The van der Waals surface area contributed by atoms with E-state index in [1.807, 2.05) is 6.07 Å². The third kappa shape index (κ3) is 4.07. The monoisotopic (exact) mass is 440 g/mol. The van der Waals surface area contributed by atoms with Gasteiger partial charge >= 0.3 is 10.8 Å². The maximum atomic E-state index is 12.7. The average molecular weight is 440 g/mol. The Bertz CT molecular complexity index is 1220. The highest BCUT2D eigenvalue weighted by Gasteiger charge is 2.44. The van der Waals surface area contributed by atoms with E-state index in [1.165, 1.54) is 10.8 Å². The second-order valence-electron chi connectivity index (χ2n) is 6.95. The smallest absolute Gasteiger partial charge is 0.338 e. The van der Waals surface area contributed by atoms with Crippen molar-refractivity contribution in [2.75, 3.05) is 12.3 Å². The number of carbonyl (C=O) groups excluding carboxylic acids is 1. The molecule has 31 heavy (non-hydrogen) atoms. The standard InChI is InChI=1S/C21H20N4O5S/c1-11(2)29-16-12(3)14(10-28-19(26)13-7-5-4-6-8-13)30-18(16)25-17-15(31-21(25)27)9-23-20(22)24-17/h4-9,14,16,18H,1,3,10H2,2H3,(H2,22,23,24)/t14-,16-,18-/m1/s1. The third-order valence-electron chi connectivity index (χ3n) is 4.68. The molecule has 0 unspecified atom stereocenters. The number of nitrogens with two attached hydrogens (primary N) is 1. The van der Waals surface area contributed by atoms with Gasteiger partial charge in [-0.1, -0.05) is 42.7 Å². The second kappa shape index (κ2) is 8.32. The Hall–Kier alpha value is -3.50.